The van der Waals surface area contributed by atoms with Gasteiger partial charge in [-0.1, -0.05) is 24.3 Å². The Bertz CT molecular complexity index is 823. The maximum absolute atomic E-state index is 12.9. The molecule has 0 aliphatic rings. The third kappa shape index (κ3) is 3.88. The van der Waals surface area contributed by atoms with Crippen molar-refractivity contribution in [2.24, 2.45) is 0 Å². The van der Waals surface area contributed by atoms with E-state index in [1.807, 2.05) is 12.1 Å². The zero-order valence-corrected chi connectivity index (χ0v) is 12.9. The Labute approximate surface area is 138 Å². The minimum atomic E-state index is -1.17. The molecule has 0 atom stereocenters. The van der Waals surface area contributed by atoms with Crippen molar-refractivity contribution in [1.82, 2.24) is 0 Å². The number of rotatable bonds is 6. The molecular formula is C19H16FNO3. The van der Waals surface area contributed by atoms with Crippen LogP contribution in [0.1, 0.15) is 21.7 Å². The second kappa shape index (κ2) is 7.10. The van der Waals surface area contributed by atoms with E-state index in [1.54, 1.807) is 24.3 Å². The predicted molar refractivity (Wildman–Crippen MR) is 84.2 cm³/mol. The van der Waals surface area contributed by atoms with Crippen LogP contribution in [0.25, 0.3) is 11.3 Å². The van der Waals surface area contributed by atoms with E-state index in [0.717, 1.165) is 16.9 Å². The van der Waals surface area contributed by atoms with Gasteiger partial charge in [0, 0.05) is 11.1 Å². The molecular weight excluding hydrogens is 309 g/mol. The minimum Gasteiger partial charge on any atom is -0.545 e. The molecule has 0 spiro atoms. The van der Waals surface area contributed by atoms with E-state index < -0.39 is 5.97 Å². The molecule has 5 heteroatoms. The van der Waals surface area contributed by atoms with Crippen LogP contribution in [0.3, 0.4) is 0 Å². The van der Waals surface area contributed by atoms with Crippen LogP contribution in [0.15, 0.2) is 65.1 Å². The number of halogens is 1. The van der Waals surface area contributed by atoms with Crippen molar-refractivity contribution in [2.45, 2.75) is 13.1 Å². The topological polar surface area (TPSA) is 69.9 Å². The standard InChI is InChI=1S/C19H16FNO3/c20-16-7-5-14(6-8-16)18-10-9-17(24-18)12-21-11-13-1-3-15(4-2-13)19(22)23/h1-10,21H,11-12H2,(H,22,23). The number of hydrogen-bond donors (Lipinski definition) is 1. The Balaban J connectivity index is 1.55. The average Bonchev–Trinajstić information content (AvgIpc) is 3.05. The highest BCUT2D eigenvalue weighted by molar-refractivity contribution is 5.85. The van der Waals surface area contributed by atoms with E-state index in [0.29, 0.717) is 18.8 Å². The van der Waals surface area contributed by atoms with E-state index in [1.165, 1.54) is 24.3 Å². The Kier molecular flexibility index (Phi) is 4.72. The number of nitrogens with two attached hydrogens (primary N) is 1. The summed E-state index contributed by atoms with van der Waals surface area (Å²) < 4.78 is 18.7. The van der Waals surface area contributed by atoms with Gasteiger partial charge in [-0.2, -0.15) is 0 Å². The molecule has 0 bridgehead atoms. The summed E-state index contributed by atoms with van der Waals surface area (Å²) in [7, 11) is 0. The summed E-state index contributed by atoms with van der Waals surface area (Å²) in [6, 6.07) is 16.6. The smallest absolute Gasteiger partial charge is 0.158 e. The fourth-order valence-corrected chi connectivity index (χ4v) is 2.41. The zero-order valence-electron chi connectivity index (χ0n) is 12.9. The highest BCUT2D eigenvalue weighted by Gasteiger charge is 2.06. The number of hydrogen-bond acceptors (Lipinski definition) is 3. The normalized spacial score (nSPS) is 10.7. The van der Waals surface area contributed by atoms with Gasteiger partial charge in [-0.15, -0.1) is 0 Å². The third-order valence-corrected chi connectivity index (χ3v) is 3.71. The van der Waals surface area contributed by atoms with Crippen molar-refractivity contribution in [3.8, 4) is 11.3 Å². The molecule has 0 saturated carbocycles. The Morgan fingerprint density at radius 2 is 1.67 bits per heavy atom. The predicted octanol–water partition coefficient (Wildman–Crippen LogP) is 1.71. The number of carbonyl (C=O) groups excluding carboxylic acids is 1. The molecule has 3 rings (SSSR count). The third-order valence-electron chi connectivity index (χ3n) is 3.71. The number of aromatic carboxylic acids is 1. The molecule has 3 aromatic rings. The van der Waals surface area contributed by atoms with Crippen LogP contribution in [0.4, 0.5) is 4.39 Å². The van der Waals surface area contributed by atoms with E-state index in [9.17, 15) is 14.3 Å². The summed E-state index contributed by atoms with van der Waals surface area (Å²) in [4.78, 5) is 10.7. The van der Waals surface area contributed by atoms with Crippen molar-refractivity contribution < 1.29 is 24.0 Å². The number of carboxylic acids is 1. The van der Waals surface area contributed by atoms with Crippen molar-refractivity contribution in [3.05, 3.63) is 83.4 Å². The molecule has 24 heavy (non-hydrogen) atoms. The van der Waals surface area contributed by atoms with Crippen LogP contribution in [-0.2, 0) is 13.1 Å². The Morgan fingerprint density at radius 1 is 0.958 bits per heavy atom. The first-order valence-corrected chi connectivity index (χ1v) is 7.58. The number of quaternary nitrogens is 1. The van der Waals surface area contributed by atoms with Gasteiger partial charge in [-0.25, -0.2) is 4.39 Å². The van der Waals surface area contributed by atoms with Crippen LogP contribution >= 0.6 is 0 Å². The molecule has 1 heterocycles. The largest absolute Gasteiger partial charge is 0.545 e. The van der Waals surface area contributed by atoms with Gasteiger partial charge in [0.2, 0.25) is 0 Å². The van der Waals surface area contributed by atoms with Crippen molar-refractivity contribution in [2.75, 3.05) is 0 Å². The van der Waals surface area contributed by atoms with Gasteiger partial charge in [0.15, 0.2) is 5.76 Å². The highest BCUT2D eigenvalue weighted by Crippen LogP contribution is 2.21. The molecule has 2 aromatic carbocycles. The zero-order chi connectivity index (χ0) is 16.9. The molecule has 2 N–H and O–H groups in total. The molecule has 4 nitrogen and oxygen atoms in total. The van der Waals surface area contributed by atoms with Crippen LogP contribution in [0.5, 0.6) is 0 Å². The van der Waals surface area contributed by atoms with Gasteiger partial charge in [0.25, 0.3) is 0 Å². The minimum absolute atomic E-state index is 0.175. The summed E-state index contributed by atoms with van der Waals surface area (Å²) in [5.74, 6) is 0.0791. The average molecular weight is 325 g/mol. The van der Waals surface area contributed by atoms with Gasteiger partial charge < -0.3 is 19.6 Å². The van der Waals surface area contributed by atoms with Gasteiger partial charge >= 0.3 is 0 Å². The van der Waals surface area contributed by atoms with E-state index >= 15 is 0 Å². The molecule has 0 aliphatic heterocycles. The number of furan rings is 1. The fraction of sp³-hybridized carbons (Fsp3) is 0.105. The summed E-state index contributed by atoms with van der Waals surface area (Å²) in [5.41, 5.74) is 2.03. The lowest BCUT2D eigenvalue weighted by Crippen LogP contribution is -2.80. The number of carbonyl (C=O) groups is 1. The first-order valence-electron chi connectivity index (χ1n) is 7.58. The summed E-state index contributed by atoms with van der Waals surface area (Å²) in [5, 5.41) is 12.8. The first-order chi connectivity index (χ1) is 11.6. The fourth-order valence-electron chi connectivity index (χ4n) is 2.41. The quantitative estimate of drug-likeness (QED) is 0.750. The van der Waals surface area contributed by atoms with Crippen LogP contribution in [0, 0.1) is 5.82 Å². The Morgan fingerprint density at radius 3 is 2.33 bits per heavy atom. The van der Waals surface area contributed by atoms with Crippen LogP contribution < -0.4 is 10.4 Å². The maximum atomic E-state index is 12.9. The lowest BCUT2D eigenvalue weighted by molar-refractivity contribution is -0.687. The lowest BCUT2D eigenvalue weighted by Gasteiger charge is -2.04. The van der Waals surface area contributed by atoms with E-state index in [-0.39, 0.29) is 11.4 Å². The molecule has 0 fully saturated rings. The van der Waals surface area contributed by atoms with E-state index in [4.69, 9.17) is 4.42 Å². The van der Waals surface area contributed by atoms with Gasteiger partial charge in [-0.3, -0.25) is 0 Å². The highest BCUT2D eigenvalue weighted by atomic mass is 19.1. The second-order valence-corrected chi connectivity index (χ2v) is 5.45. The summed E-state index contributed by atoms with van der Waals surface area (Å²) in [6.07, 6.45) is 0. The molecule has 1 aromatic heterocycles. The van der Waals surface area contributed by atoms with Crippen molar-refractivity contribution in [1.29, 1.82) is 0 Å². The van der Waals surface area contributed by atoms with Crippen molar-refractivity contribution >= 4 is 5.97 Å². The number of carboxylic acid groups (broad SMARTS) is 1. The SMILES string of the molecule is O=C([O-])c1ccc(C[NH2+]Cc2ccc(-c3ccc(F)cc3)o2)cc1. The van der Waals surface area contributed by atoms with Crippen LogP contribution in [0.2, 0.25) is 0 Å². The molecule has 0 amide bonds. The first kappa shape index (κ1) is 16.0. The monoisotopic (exact) mass is 325 g/mol. The van der Waals surface area contributed by atoms with E-state index in [2.05, 4.69) is 5.32 Å². The Hall–Kier alpha value is -2.92. The molecule has 0 radical (unpaired) electrons. The number of benzene rings is 2. The molecule has 122 valence electrons. The summed E-state index contributed by atoms with van der Waals surface area (Å²) >= 11 is 0. The second-order valence-electron chi connectivity index (χ2n) is 5.45. The maximum Gasteiger partial charge on any atom is 0.158 e. The van der Waals surface area contributed by atoms with Crippen LogP contribution in [-0.4, -0.2) is 5.97 Å². The van der Waals surface area contributed by atoms with Crippen molar-refractivity contribution in [3.63, 3.8) is 0 Å². The molecule has 0 aliphatic carbocycles. The van der Waals surface area contributed by atoms with Gasteiger partial charge in [0.05, 0.1) is 5.97 Å². The summed E-state index contributed by atoms with van der Waals surface area (Å²) in [6.45, 7) is 1.36. The molecule has 0 unspecified atom stereocenters. The molecule has 0 saturated heterocycles. The lowest BCUT2D eigenvalue weighted by atomic mass is 10.1. The van der Waals surface area contributed by atoms with Gasteiger partial charge in [0.1, 0.15) is 24.7 Å². The van der Waals surface area contributed by atoms with Gasteiger partial charge in [-0.05, 0) is 42.0 Å².